The summed E-state index contributed by atoms with van der Waals surface area (Å²) < 4.78 is 35.3. The molecule has 0 atom stereocenters. The van der Waals surface area contributed by atoms with Crippen molar-refractivity contribution < 1.29 is 13.5 Å². The second-order valence-corrected chi connectivity index (χ2v) is 8.14. The van der Waals surface area contributed by atoms with E-state index < -0.39 is 11.7 Å². The van der Waals surface area contributed by atoms with E-state index in [2.05, 4.69) is 18.8 Å². The zero-order chi connectivity index (χ0) is 22.9. The number of fused-ring (bicyclic) bond motifs is 1. The normalized spacial score (nSPS) is 13.2. The molecule has 0 radical (unpaired) electrons. The quantitative estimate of drug-likeness (QED) is 0.401. The van der Waals surface area contributed by atoms with Gasteiger partial charge in [0, 0.05) is 18.4 Å². The number of pyridine rings is 2. The van der Waals surface area contributed by atoms with Gasteiger partial charge in [-0.1, -0.05) is 13.8 Å². The third-order valence-electron chi connectivity index (χ3n) is 5.39. The van der Waals surface area contributed by atoms with Crippen LogP contribution in [0.2, 0.25) is 0 Å². The van der Waals surface area contributed by atoms with E-state index in [0.717, 1.165) is 45.2 Å². The molecule has 0 fully saturated rings. The molecule has 6 heteroatoms. The highest BCUT2D eigenvalue weighted by Crippen LogP contribution is 2.34. The Kier molecular flexibility index (Phi) is 6.58. The van der Waals surface area contributed by atoms with Crippen LogP contribution in [0, 0.1) is 13.8 Å². The van der Waals surface area contributed by atoms with E-state index in [1.807, 2.05) is 42.8 Å². The van der Waals surface area contributed by atoms with Crippen LogP contribution in [0.25, 0.3) is 22.3 Å². The lowest BCUT2D eigenvalue weighted by atomic mass is 10.0. The van der Waals surface area contributed by atoms with Crippen LogP contribution in [-0.2, 0) is 6.54 Å². The Morgan fingerprint density at radius 1 is 1.16 bits per heavy atom. The highest BCUT2D eigenvalue weighted by Gasteiger charge is 2.18. The zero-order valence-electron chi connectivity index (χ0n) is 19.2. The fourth-order valence-corrected chi connectivity index (χ4v) is 3.64. The number of allylic oxidation sites excluding steroid dienone is 4. The molecule has 3 rings (SSSR count). The Morgan fingerprint density at radius 3 is 2.48 bits per heavy atom. The standard InChI is InChI=1S/C25H29F2N3O/c1-8-19(26)22(27)16(5)12-30-13-17(6)24-21(30)11-15(4)23(29-24)18-9-10-20(14(2)3)28-25(18)31-7/h8-11,13-14H,12H2,1-7H3/b19-8+,22-16-. The fraction of sp³-hybridized carbons (Fsp3) is 0.360. The summed E-state index contributed by atoms with van der Waals surface area (Å²) in [6, 6.07) is 6.02. The molecule has 0 aliphatic rings. The Bertz CT molecular complexity index is 1190. The lowest BCUT2D eigenvalue weighted by Gasteiger charge is -2.13. The van der Waals surface area contributed by atoms with Crippen LogP contribution in [0.15, 0.2) is 47.7 Å². The summed E-state index contributed by atoms with van der Waals surface area (Å²) in [4.78, 5) is 9.56. The highest BCUT2D eigenvalue weighted by atomic mass is 19.2. The first-order valence-electron chi connectivity index (χ1n) is 10.4. The average molecular weight is 426 g/mol. The topological polar surface area (TPSA) is 39.9 Å². The van der Waals surface area contributed by atoms with Gasteiger partial charge in [0.15, 0.2) is 11.7 Å². The lowest BCUT2D eigenvalue weighted by molar-refractivity contribution is 0.397. The van der Waals surface area contributed by atoms with Gasteiger partial charge in [-0.25, -0.2) is 18.7 Å². The second kappa shape index (κ2) is 9.00. The van der Waals surface area contributed by atoms with Gasteiger partial charge in [-0.3, -0.25) is 0 Å². The smallest absolute Gasteiger partial charge is 0.222 e. The molecule has 0 amide bonds. The van der Waals surface area contributed by atoms with Crippen LogP contribution < -0.4 is 4.74 Å². The van der Waals surface area contributed by atoms with Crippen LogP contribution in [0.1, 0.15) is 50.4 Å². The van der Waals surface area contributed by atoms with Gasteiger partial charge >= 0.3 is 0 Å². The number of aromatic nitrogens is 3. The van der Waals surface area contributed by atoms with E-state index >= 15 is 0 Å². The molecule has 164 valence electrons. The maximum absolute atomic E-state index is 14.2. The molecule has 31 heavy (non-hydrogen) atoms. The van der Waals surface area contributed by atoms with Gasteiger partial charge in [0.05, 0.1) is 29.4 Å². The second-order valence-electron chi connectivity index (χ2n) is 8.14. The van der Waals surface area contributed by atoms with E-state index in [-0.39, 0.29) is 6.54 Å². The number of aryl methyl sites for hydroxylation is 2. The van der Waals surface area contributed by atoms with Crippen LogP contribution >= 0.6 is 0 Å². The van der Waals surface area contributed by atoms with Gasteiger partial charge in [-0.05, 0) is 74.6 Å². The largest absolute Gasteiger partial charge is 0.480 e. The van der Waals surface area contributed by atoms with Crippen molar-refractivity contribution in [3.05, 3.63) is 64.5 Å². The fourth-order valence-electron chi connectivity index (χ4n) is 3.64. The number of ether oxygens (including phenoxy) is 1. The third-order valence-corrected chi connectivity index (χ3v) is 5.39. The molecular formula is C25H29F2N3O. The first-order chi connectivity index (χ1) is 14.7. The Morgan fingerprint density at radius 2 is 1.87 bits per heavy atom. The first-order valence-corrected chi connectivity index (χ1v) is 10.4. The van der Waals surface area contributed by atoms with Crippen molar-refractivity contribution in [1.29, 1.82) is 0 Å². The molecule has 3 heterocycles. The van der Waals surface area contributed by atoms with Crippen LogP contribution in [0.5, 0.6) is 5.88 Å². The number of hydrogen-bond donors (Lipinski definition) is 0. The van der Waals surface area contributed by atoms with E-state index in [1.54, 1.807) is 14.0 Å². The van der Waals surface area contributed by atoms with Gasteiger partial charge in [-0.15, -0.1) is 0 Å². The Labute approximate surface area is 182 Å². The van der Waals surface area contributed by atoms with Gasteiger partial charge in [0.1, 0.15) is 0 Å². The van der Waals surface area contributed by atoms with E-state index in [1.165, 1.54) is 6.92 Å². The summed E-state index contributed by atoms with van der Waals surface area (Å²) >= 11 is 0. The summed E-state index contributed by atoms with van der Waals surface area (Å²) in [7, 11) is 1.61. The molecule has 3 aromatic rings. The maximum atomic E-state index is 14.2. The Balaban J connectivity index is 2.12. The first kappa shape index (κ1) is 22.7. The van der Waals surface area contributed by atoms with Gasteiger partial charge in [0.2, 0.25) is 5.88 Å². The minimum atomic E-state index is -0.841. The van der Waals surface area contributed by atoms with Crippen molar-refractivity contribution in [2.24, 2.45) is 0 Å². The third kappa shape index (κ3) is 4.38. The van der Waals surface area contributed by atoms with Crippen molar-refractivity contribution in [2.75, 3.05) is 7.11 Å². The summed E-state index contributed by atoms with van der Waals surface area (Å²) in [6.07, 6.45) is 3.05. The van der Waals surface area contributed by atoms with E-state index in [4.69, 9.17) is 9.72 Å². The average Bonchev–Trinajstić information content (AvgIpc) is 3.05. The van der Waals surface area contributed by atoms with Gasteiger partial charge in [-0.2, -0.15) is 0 Å². The minimum Gasteiger partial charge on any atom is -0.480 e. The molecule has 0 aliphatic heterocycles. The van der Waals surface area contributed by atoms with Crippen LogP contribution in [-0.4, -0.2) is 21.6 Å². The lowest BCUT2D eigenvalue weighted by Crippen LogP contribution is -2.02. The summed E-state index contributed by atoms with van der Waals surface area (Å²) in [5.74, 6) is -0.822. The molecule has 0 aromatic carbocycles. The predicted molar refractivity (Wildman–Crippen MR) is 122 cm³/mol. The van der Waals surface area contributed by atoms with Crippen molar-refractivity contribution in [2.45, 2.75) is 54.0 Å². The summed E-state index contributed by atoms with van der Waals surface area (Å²) in [5, 5.41) is 0. The number of rotatable bonds is 6. The molecule has 0 N–H and O–H groups in total. The molecule has 4 nitrogen and oxygen atoms in total. The molecular weight excluding hydrogens is 396 g/mol. The highest BCUT2D eigenvalue weighted by molar-refractivity contribution is 5.85. The van der Waals surface area contributed by atoms with Crippen molar-refractivity contribution in [1.82, 2.24) is 14.5 Å². The monoisotopic (exact) mass is 425 g/mol. The van der Waals surface area contributed by atoms with Crippen molar-refractivity contribution in [3.63, 3.8) is 0 Å². The molecule has 3 aromatic heterocycles. The number of methoxy groups -OCH3 is 1. The van der Waals surface area contributed by atoms with Gasteiger partial charge < -0.3 is 9.30 Å². The molecule has 0 unspecified atom stereocenters. The van der Waals surface area contributed by atoms with Crippen molar-refractivity contribution in [3.8, 4) is 17.1 Å². The number of hydrogen-bond acceptors (Lipinski definition) is 3. The van der Waals surface area contributed by atoms with Crippen molar-refractivity contribution >= 4 is 11.0 Å². The zero-order valence-corrected chi connectivity index (χ0v) is 19.2. The number of nitrogens with zero attached hydrogens (tertiary/aromatic N) is 3. The minimum absolute atomic E-state index is 0.242. The maximum Gasteiger partial charge on any atom is 0.222 e. The predicted octanol–water partition coefficient (Wildman–Crippen LogP) is 6.96. The molecule has 0 bridgehead atoms. The van der Waals surface area contributed by atoms with Crippen LogP contribution in [0.3, 0.4) is 0 Å². The van der Waals surface area contributed by atoms with E-state index in [0.29, 0.717) is 17.4 Å². The molecule has 0 saturated heterocycles. The molecule has 0 saturated carbocycles. The SMILES string of the molecule is C/C=C(F)\C(F)=C(/C)Cn1cc(C)c2nc(-c3ccc(C(C)C)nc3OC)c(C)cc21. The van der Waals surface area contributed by atoms with Crippen LogP contribution in [0.4, 0.5) is 8.78 Å². The van der Waals surface area contributed by atoms with E-state index in [9.17, 15) is 8.78 Å². The Hall–Kier alpha value is -3.02. The molecule has 0 aliphatic carbocycles. The molecule has 0 spiro atoms. The van der Waals surface area contributed by atoms with Gasteiger partial charge in [0.25, 0.3) is 0 Å². The summed E-state index contributed by atoms with van der Waals surface area (Å²) in [5.41, 5.74) is 6.51. The number of halogens is 2. The summed E-state index contributed by atoms with van der Waals surface area (Å²) in [6.45, 7) is 11.4.